The van der Waals surface area contributed by atoms with E-state index in [0.717, 1.165) is 38.6 Å². The van der Waals surface area contributed by atoms with Crippen molar-refractivity contribution in [2.45, 2.75) is 76.0 Å². The van der Waals surface area contributed by atoms with Gasteiger partial charge in [0, 0.05) is 18.0 Å². The minimum absolute atomic E-state index is 0.0700. The minimum atomic E-state index is -4.06. The molecule has 1 N–H and O–H groups in total. The fraction of sp³-hybridized carbons (Fsp3) is 1.00. The van der Waals surface area contributed by atoms with E-state index in [2.05, 4.69) is 17.1 Å². The molecular weight excluding hydrogens is 265 g/mol. The number of alkyl halides is 3. The first-order valence-electron chi connectivity index (χ1n) is 7.79. The molecule has 0 aromatic carbocycles. The molecule has 0 bridgehead atoms. The van der Waals surface area contributed by atoms with Gasteiger partial charge in [-0.1, -0.05) is 26.2 Å². The summed E-state index contributed by atoms with van der Waals surface area (Å²) in [5.41, 5.74) is -0.112. The van der Waals surface area contributed by atoms with Gasteiger partial charge in [0.1, 0.15) is 0 Å². The zero-order chi connectivity index (χ0) is 15.2. The zero-order valence-electron chi connectivity index (χ0n) is 13.0. The lowest BCUT2D eigenvalue weighted by Gasteiger charge is -2.49. The quantitative estimate of drug-likeness (QED) is 0.764. The maximum Gasteiger partial charge on any atom is 0.389 e. The molecule has 0 radical (unpaired) electrons. The molecule has 1 rings (SSSR count). The van der Waals surface area contributed by atoms with E-state index in [4.69, 9.17) is 0 Å². The Morgan fingerprint density at radius 1 is 1.15 bits per heavy atom. The van der Waals surface area contributed by atoms with Crippen LogP contribution in [0.4, 0.5) is 13.2 Å². The molecular formula is C15H29F3N2. The van der Waals surface area contributed by atoms with Gasteiger partial charge in [-0.25, -0.2) is 0 Å². The lowest BCUT2D eigenvalue weighted by Crippen LogP contribution is -2.60. The van der Waals surface area contributed by atoms with Gasteiger partial charge in [0.25, 0.3) is 0 Å². The topological polar surface area (TPSA) is 15.3 Å². The van der Waals surface area contributed by atoms with Crippen molar-refractivity contribution in [1.29, 1.82) is 0 Å². The van der Waals surface area contributed by atoms with Gasteiger partial charge in [0.05, 0.1) is 0 Å². The van der Waals surface area contributed by atoms with Crippen molar-refractivity contribution in [2.24, 2.45) is 0 Å². The molecule has 0 amide bonds. The molecule has 1 unspecified atom stereocenters. The second-order valence-corrected chi connectivity index (χ2v) is 6.22. The molecule has 1 fully saturated rings. The van der Waals surface area contributed by atoms with Crippen molar-refractivity contribution in [3.8, 4) is 0 Å². The Morgan fingerprint density at radius 3 is 2.20 bits per heavy atom. The number of hydrogen-bond donors (Lipinski definition) is 1. The summed E-state index contributed by atoms with van der Waals surface area (Å²) >= 11 is 0. The first kappa shape index (κ1) is 17.8. The van der Waals surface area contributed by atoms with Gasteiger partial charge < -0.3 is 10.2 Å². The molecule has 2 nitrogen and oxygen atoms in total. The maximum absolute atomic E-state index is 12.6. The summed E-state index contributed by atoms with van der Waals surface area (Å²) in [5.74, 6) is 0. The van der Waals surface area contributed by atoms with Crippen LogP contribution in [0.2, 0.25) is 0 Å². The van der Waals surface area contributed by atoms with Gasteiger partial charge in [-0.2, -0.15) is 13.2 Å². The molecule has 1 saturated carbocycles. The molecule has 0 saturated heterocycles. The maximum atomic E-state index is 12.6. The van der Waals surface area contributed by atoms with Crippen molar-refractivity contribution in [1.82, 2.24) is 10.2 Å². The highest BCUT2D eigenvalue weighted by Crippen LogP contribution is 2.38. The summed E-state index contributed by atoms with van der Waals surface area (Å²) in [5, 5.41) is 3.39. The molecule has 1 atom stereocenters. The average molecular weight is 294 g/mol. The van der Waals surface area contributed by atoms with Crippen LogP contribution in [-0.2, 0) is 0 Å². The number of likely N-dealkylation sites (N-methyl/N-ethyl adjacent to an activating group) is 1. The van der Waals surface area contributed by atoms with E-state index in [-0.39, 0.29) is 18.0 Å². The molecule has 5 heteroatoms. The smallest absolute Gasteiger partial charge is 0.312 e. The molecule has 1 aliphatic rings. The van der Waals surface area contributed by atoms with Crippen molar-refractivity contribution in [3.63, 3.8) is 0 Å². The van der Waals surface area contributed by atoms with Gasteiger partial charge in [-0.3, -0.25) is 0 Å². The highest BCUT2D eigenvalue weighted by Gasteiger charge is 2.42. The number of rotatable bonds is 7. The lowest BCUT2D eigenvalue weighted by molar-refractivity contribution is -0.139. The Morgan fingerprint density at radius 2 is 1.75 bits per heavy atom. The van der Waals surface area contributed by atoms with Gasteiger partial charge >= 0.3 is 6.18 Å². The number of nitrogens with one attached hydrogen (secondary N) is 1. The van der Waals surface area contributed by atoms with Gasteiger partial charge in [-0.05, 0) is 46.3 Å². The van der Waals surface area contributed by atoms with E-state index >= 15 is 0 Å². The van der Waals surface area contributed by atoms with E-state index in [9.17, 15) is 13.2 Å². The third-order valence-corrected chi connectivity index (χ3v) is 4.62. The van der Waals surface area contributed by atoms with E-state index in [1.807, 2.05) is 14.1 Å². The molecule has 0 spiro atoms. The fourth-order valence-corrected chi connectivity index (χ4v) is 3.46. The van der Waals surface area contributed by atoms with Crippen molar-refractivity contribution < 1.29 is 13.2 Å². The predicted octanol–water partition coefficient (Wildman–Crippen LogP) is 3.96. The second kappa shape index (κ2) is 7.64. The van der Waals surface area contributed by atoms with Crippen LogP contribution >= 0.6 is 0 Å². The number of hydrogen-bond acceptors (Lipinski definition) is 2. The van der Waals surface area contributed by atoms with Crippen LogP contribution in [0.1, 0.15) is 58.3 Å². The van der Waals surface area contributed by atoms with Crippen LogP contribution in [-0.4, -0.2) is 43.3 Å². The summed E-state index contributed by atoms with van der Waals surface area (Å²) in [4.78, 5) is 2.16. The minimum Gasteiger partial charge on any atom is -0.312 e. The third-order valence-electron chi connectivity index (χ3n) is 4.62. The van der Waals surface area contributed by atoms with E-state index < -0.39 is 12.6 Å². The van der Waals surface area contributed by atoms with Crippen molar-refractivity contribution in [3.05, 3.63) is 0 Å². The number of nitrogens with zero attached hydrogens (tertiary/aromatic N) is 1. The Kier molecular flexibility index (Phi) is 6.79. The Hall–Kier alpha value is -0.290. The summed E-state index contributed by atoms with van der Waals surface area (Å²) in [6.45, 7) is 2.84. The Bertz CT molecular complexity index is 271. The van der Waals surface area contributed by atoms with Crippen LogP contribution < -0.4 is 5.32 Å². The van der Waals surface area contributed by atoms with Crippen molar-refractivity contribution in [2.75, 3.05) is 20.6 Å². The summed E-state index contributed by atoms with van der Waals surface area (Å²) in [6.07, 6.45) is 1.82. The summed E-state index contributed by atoms with van der Waals surface area (Å²) in [6, 6.07) is -0.0700. The van der Waals surface area contributed by atoms with Gasteiger partial charge in [-0.15, -0.1) is 0 Å². The van der Waals surface area contributed by atoms with Crippen LogP contribution in [0.25, 0.3) is 0 Å². The van der Waals surface area contributed by atoms with Crippen LogP contribution in [0.15, 0.2) is 0 Å². The first-order chi connectivity index (χ1) is 9.32. The molecule has 120 valence electrons. The molecule has 20 heavy (non-hydrogen) atoms. The monoisotopic (exact) mass is 294 g/mol. The van der Waals surface area contributed by atoms with Crippen LogP contribution in [0, 0.1) is 0 Å². The first-order valence-corrected chi connectivity index (χ1v) is 7.79. The largest absolute Gasteiger partial charge is 0.389 e. The standard InChI is InChI=1S/C15H29F3N2/c1-4-12-19-13(8-11-15(16,17)18)14(20(2)3)9-6-5-7-10-14/h13,19H,4-12H2,1-3H3. The van der Waals surface area contributed by atoms with E-state index in [1.54, 1.807) is 0 Å². The van der Waals surface area contributed by atoms with Crippen LogP contribution in [0.3, 0.4) is 0 Å². The molecule has 0 aromatic rings. The third kappa shape index (κ3) is 4.92. The van der Waals surface area contributed by atoms with E-state index in [0.29, 0.717) is 0 Å². The number of halogens is 3. The van der Waals surface area contributed by atoms with Gasteiger partial charge in [0.2, 0.25) is 0 Å². The summed E-state index contributed by atoms with van der Waals surface area (Å²) in [7, 11) is 4.03. The fourth-order valence-electron chi connectivity index (χ4n) is 3.46. The van der Waals surface area contributed by atoms with E-state index in [1.165, 1.54) is 6.42 Å². The normalized spacial score (nSPS) is 21.1. The molecule has 0 aliphatic heterocycles. The van der Waals surface area contributed by atoms with Gasteiger partial charge in [0.15, 0.2) is 0 Å². The Labute approximate surface area is 121 Å². The molecule has 0 heterocycles. The average Bonchev–Trinajstić information content (AvgIpc) is 2.38. The lowest BCUT2D eigenvalue weighted by atomic mass is 9.73. The van der Waals surface area contributed by atoms with Crippen molar-refractivity contribution >= 4 is 0 Å². The zero-order valence-corrected chi connectivity index (χ0v) is 13.0. The highest BCUT2D eigenvalue weighted by molar-refractivity contribution is 5.00. The molecule has 1 aliphatic carbocycles. The summed E-state index contributed by atoms with van der Waals surface area (Å²) < 4.78 is 37.8. The Balaban J connectivity index is 2.80. The van der Waals surface area contributed by atoms with Crippen LogP contribution in [0.5, 0.6) is 0 Å². The SMILES string of the molecule is CCCNC(CCC(F)(F)F)C1(N(C)C)CCCCC1. The molecule has 0 aromatic heterocycles. The predicted molar refractivity (Wildman–Crippen MR) is 76.9 cm³/mol. The highest BCUT2D eigenvalue weighted by atomic mass is 19.4. The second-order valence-electron chi connectivity index (χ2n) is 6.22.